The normalized spacial score (nSPS) is 11.9. The van der Waals surface area contributed by atoms with Crippen molar-refractivity contribution in [2.75, 3.05) is 6.26 Å². The third kappa shape index (κ3) is 4.75. The number of hydrogen-bond acceptors (Lipinski definition) is 7. The van der Waals surface area contributed by atoms with Gasteiger partial charge in [-0.1, -0.05) is 41.6 Å². The van der Waals surface area contributed by atoms with E-state index in [2.05, 4.69) is 0 Å². The lowest BCUT2D eigenvalue weighted by Gasteiger charge is -2.15. The molecule has 5 aromatic rings. The summed E-state index contributed by atoms with van der Waals surface area (Å²) in [6.45, 7) is -0.0148. The average Bonchev–Trinajstić information content (AvgIpc) is 2.84. The van der Waals surface area contributed by atoms with E-state index in [0.29, 0.717) is 15.5 Å². The second-order valence-electron chi connectivity index (χ2n) is 8.30. The third-order valence-electron chi connectivity index (χ3n) is 5.72. The molecular formula is C26H17ClFNO6S2. The van der Waals surface area contributed by atoms with Gasteiger partial charge in [-0.05, 0) is 54.1 Å². The van der Waals surface area contributed by atoms with Crippen molar-refractivity contribution in [1.29, 1.82) is 0 Å². The van der Waals surface area contributed by atoms with Gasteiger partial charge in [0.05, 0.1) is 17.0 Å². The number of nitrogens with zero attached hydrogens (tertiary/aromatic N) is 1. The Hall–Kier alpha value is -3.60. The van der Waals surface area contributed by atoms with Crippen LogP contribution in [0.4, 0.5) is 4.39 Å². The van der Waals surface area contributed by atoms with E-state index >= 15 is 0 Å². The van der Waals surface area contributed by atoms with Gasteiger partial charge in [-0.3, -0.25) is 4.79 Å². The van der Waals surface area contributed by atoms with E-state index in [-0.39, 0.29) is 38.2 Å². The van der Waals surface area contributed by atoms with Gasteiger partial charge in [0.25, 0.3) is 5.56 Å². The molecule has 37 heavy (non-hydrogen) atoms. The van der Waals surface area contributed by atoms with Gasteiger partial charge in [-0.25, -0.2) is 17.6 Å². The first-order chi connectivity index (χ1) is 17.5. The van der Waals surface area contributed by atoms with Crippen molar-refractivity contribution >= 4 is 55.1 Å². The highest BCUT2D eigenvalue weighted by atomic mass is 35.5. The highest BCUT2D eigenvalue weighted by Gasteiger charge is 2.23. The number of sulfone groups is 1. The quantitative estimate of drug-likeness (QED) is 0.296. The van der Waals surface area contributed by atoms with Gasteiger partial charge >= 0.3 is 5.63 Å². The van der Waals surface area contributed by atoms with Crippen LogP contribution in [-0.4, -0.2) is 24.3 Å². The molecule has 0 saturated carbocycles. The number of aromatic hydroxyl groups is 1. The van der Waals surface area contributed by atoms with Crippen LogP contribution >= 0.6 is 23.4 Å². The van der Waals surface area contributed by atoms with Crippen LogP contribution in [0.2, 0.25) is 5.02 Å². The highest BCUT2D eigenvalue weighted by molar-refractivity contribution is 7.99. The second-order valence-corrected chi connectivity index (χ2v) is 11.8. The number of pyridine rings is 1. The predicted molar refractivity (Wildman–Crippen MR) is 140 cm³/mol. The van der Waals surface area contributed by atoms with Gasteiger partial charge in [0.15, 0.2) is 21.2 Å². The van der Waals surface area contributed by atoms with E-state index in [9.17, 15) is 27.5 Å². The number of fused-ring (bicyclic) bond motifs is 3. The van der Waals surface area contributed by atoms with Crippen LogP contribution in [0.5, 0.6) is 5.75 Å². The number of halogens is 2. The van der Waals surface area contributed by atoms with Crippen LogP contribution in [0, 0.1) is 5.82 Å². The standard InChI is InChI=1S/C26H17ClFNO6S2/c1-37(33,34)18-9-10-20-19(12-18)23-21(25(31)29(20)13-14-5-7-16(28)8-6-14)22(30)24(26(32)35-23)36-17-4-2-3-15(27)11-17/h2-12,30H,13H2,1H3. The van der Waals surface area contributed by atoms with Crippen molar-refractivity contribution in [1.82, 2.24) is 4.57 Å². The number of rotatable bonds is 5. The Morgan fingerprint density at radius 1 is 1.05 bits per heavy atom. The fraction of sp³-hybridized carbons (Fsp3) is 0.0769. The van der Waals surface area contributed by atoms with Crippen molar-refractivity contribution in [3.63, 3.8) is 0 Å². The molecule has 188 valence electrons. The Balaban J connectivity index is 1.84. The summed E-state index contributed by atoms with van der Waals surface area (Å²) in [6, 6.07) is 16.2. The molecule has 2 aromatic heterocycles. The van der Waals surface area contributed by atoms with E-state index in [0.717, 1.165) is 18.0 Å². The van der Waals surface area contributed by atoms with Crippen molar-refractivity contribution < 1.29 is 22.3 Å². The Kier molecular flexibility index (Phi) is 6.35. The van der Waals surface area contributed by atoms with Gasteiger partial charge in [-0.2, -0.15) is 0 Å². The van der Waals surface area contributed by atoms with Gasteiger partial charge in [0.1, 0.15) is 16.1 Å². The maximum absolute atomic E-state index is 13.7. The van der Waals surface area contributed by atoms with Gasteiger partial charge in [-0.15, -0.1) is 0 Å². The maximum Gasteiger partial charge on any atom is 0.354 e. The van der Waals surface area contributed by atoms with Crippen LogP contribution in [0.1, 0.15) is 5.56 Å². The summed E-state index contributed by atoms with van der Waals surface area (Å²) in [6.07, 6.45) is 1.03. The lowest BCUT2D eigenvalue weighted by molar-refractivity contribution is 0.446. The second kappa shape index (κ2) is 9.37. The minimum Gasteiger partial charge on any atom is -0.505 e. The molecule has 0 unspecified atom stereocenters. The van der Waals surface area contributed by atoms with Crippen molar-refractivity contribution in [3.8, 4) is 5.75 Å². The first-order valence-electron chi connectivity index (χ1n) is 10.8. The van der Waals surface area contributed by atoms with Crippen molar-refractivity contribution in [2.45, 2.75) is 21.2 Å². The fourth-order valence-corrected chi connectivity index (χ4v) is 5.77. The summed E-state index contributed by atoms with van der Waals surface area (Å²) in [4.78, 5) is 26.9. The summed E-state index contributed by atoms with van der Waals surface area (Å²) in [5, 5.41) is 11.4. The van der Waals surface area contributed by atoms with E-state index in [1.807, 2.05) is 0 Å². The first-order valence-corrected chi connectivity index (χ1v) is 13.9. The molecule has 0 spiro atoms. The van der Waals surface area contributed by atoms with E-state index < -0.39 is 32.6 Å². The molecule has 0 radical (unpaired) electrons. The molecule has 7 nitrogen and oxygen atoms in total. The molecule has 11 heteroatoms. The van der Waals surface area contributed by atoms with Gasteiger partial charge < -0.3 is 14.1 Å². The van der Waals surface area contributed by atoms with Crippen LogP contribution < -0.4 is 11.2 Å². The Labute approximate surface area is 218 Å². The average molecular weight is 558 g/mol. The molecule has 0 amide bonds. The van der Waals surface area contributed by atoms with Crippen LogP contribution in [0.3, 0.4) is 0 Å². The smallest absolute Gasteiger partial charge is 0.354 e. The maximum atomic E-state index is 13.7. The Morgan fingerprint density at radius 2 is 1.78 bits per heavy atom. The highest BCUT2D eigenvalue weighted by Crippen LogP contribution is 2.38. The molecule has 3 aromatic carbocycles. The zero-order valence-electron chi connectivity index (χ0n) is 19.1. The number of hydrogen-bond donors (Lipinski definition) is 1. The summed E-state index contributed by atoms with van der Waals surface area (Å²) in [7, 11) is -3.65. The minimum absolute atomic E-state index is 0.0148. The summed E-state index contributed by atoms with van der Waals surface area (Å²) >= 11 is 6.91. The lowest BCUT2D eigenvalue weighted by Crippen LogP contribution is -2.23. The fourth-order valence-electron chi connectivity index (χ4n) is 3.97. The lowest BCUT2D eigenvalue weighted by atomic mass is 10.1. The molecule has 0 saturated heterocycles. The van der Waals surface area contributed by atoms with E-state index in [1.54, 1.807) is 24.3 Å². The molecule has 1 N–H and O–H groups in total. The monoisotopic (exact) mass is 557 g/mol. The minimum atomic E-state index is -3.65. The van der Waals surface area contributed by atoms with Crippen LogP contribution in [0.15, 0.2) is 95.4 Å². The molecule has 5 rings (SSSR count). The Bertz CT molecular complexity index is 1930. The van der Waals surface area contributed by atoms with Crippen molar-refractivity contribution in [2.24, 2.45) is 0 Å². The molecule has 0 aliphatic rings. The Morgan fingerprint density at radius 3 is 2.46 bits per heavy atom. The molecule has 0 fully saturated rings. The number of aromatic nitrogens is 1. The van der Waals surface area contributed by atoms with Crippen LogP contribution in [0.25, 0.3) is 21.9 Å². The number of benzene rings is 3. The largest absolute Gasteiger partial charge is 0.505 e. The van der Waals surface area contributed by atoms with Gasteiger partial charge in [0, 0.05) is 21.6 Å². The zero-order valence-corrected chi connectivity index (χ0v) is 21.5. The molecular weight excluding hydrogens is 541 g/mol. The van der Waals surface area contributed by atoms with E-state index in [1.165, 1.54) is 47.0 Å². The summed E-state index contributed by atoms with van der Waals surface area (Å²) < 4.78 is 44.8. The molecule has 0 aliphatic heterocycles. The third-order valence-corrected chi connectivity index (χ3v) is 8.12. The zero-order chi connectivity index (χ0) is 26.5. The molecule has 2 heterocycles. The topological polar surface area (TPSA) is 107 Å². The van der Waals surface area contributed by atoms with Crippen LogP contribution in [-0.2, 0) is 16.4 Å². The SMILES string of the molecule is CS(=O)(=O)c1ccc2c(c1)c1oc(=O)c(Sc3cccc(Cl)c3)c(O)c1c(=O)n2Cc1ccc(F)cc1. The summed E-state index contributed by atoms with van der Waals surface area (Å²) in [5.74, 6) is -1.04. The first kappa shape index (κ1) is 25.1. The summed E-state index contributed by atoms with van der Waals surface area (Å²) in [5.41, 5.74) is -0.961. The van der Waals surface area contributed by atoms with Gasteiger partial charge in [0.2, 0.25) is 0 Å². The van der Waals surface area contributed by atoms with Crippen molar-refractivity contribution in [3.05, 3.63) is 104 Å². The molecule has 0 bridgehead atoms. The van der Waals surface area contributed by atoms with E-state index in [4.69, 9.17) is 16.0 Å². The predicted octanol–water partition coefficient (Wildman–Crippen LogP) is 5.21. The molecule has 0 aliphatic carbocycles. The molecule has 0 atom stereocenters.